The summed E-state index contributed by atoms with van der Waals surface area (Å²) in [6.45, 7) is 1.14. The van der Waals surface area contributed by atoms with E-state index in [-0.39, 0.29) is 22.5 Å². The number of aromatic nitrogens is 1. The molecule has 3 atom stereocenters. The fourth-order valence-electron chi connectivity index (χ4n) is 5.54. The number of para-hydroxylation sites is 1. The van der Waals surface area contributed by atoms with E-state index < -0.39 is 51.2 Å². The van der Waals surface area contributed by atoms with E-state index in [4.69, 9.17) is 27.9 Å². The molecule has 0 saturated carbocycles. The van der Waals surface area contributed by atoms with Gasteiger partial charge in [0.2, 0.25) is 17.7 Å². The number of hydrogen-bond acceptors (Lipinski definition) is 7. The maximum atomic E-state index is 14.0. The standard InChI is InChI=1S/C27H20Cl2F3N3O5S2/c28-15-6-3-4-13(20(15)29)18-19-21(24(38)35(23(19)37)16-7-2-1-5-14(16)27(30,31)32)41-25-22(18)42-26(39)34(25)12-17(36)33-8-10-40-11-9-33/h1-7,18-19,21H,8-12H2/t18-,19?,21?/m1/s1. The van der Waals surface area contributed by atoms with E-state index >= 15 is 0 Å². The lowest BCUT2D eigenvalue weighted by molar-refractivity contribution is -0.137. The minimum atomic E-state index is -4.83. The molecule has 0 bridgehead atoms. The van der Waals surface area contributed by atoms with E-state index in [1.54, 1.807) is 17.0 Å². The van der Waals surface area contributed by atoms with Crippen LogP contribution >= 0.6 is 46.3 Å². The molecule has 6 rings (SSSR count). The summed E-state index contributed by atoms with van der Waals surface area (Å²) < 4.78 is 48.4. The number of halogens is 5. The van der Waals surface area contributed by atoms with Crippen LogP contribution in [0.25, 0.3) is 0 Å². The molecule has 3 aliphatic heterocycles. The van der Waals surface area contributed by atoms with Gasteiger partial charge in [0.1, 0.15) is 11.8 Å². The predicted molar refractivity (Wildman–Crippen MR) is 151 cm³/mol. The maximum absolute atomic E-state index is 14.0. The summed E-state index contributed by atoms with van der Waals surface area (Å²) >= 11 is 14.6. The minimum absolute atomic E-state index is 0.0898. The monoisotopic (exact) mass is 657 g/mol. The molecular formula is C27H20Cl2F3N3O5S2. The second kappa shape index (κ2) is 11.0. The van der Waals surface area contributed by atoms with Crippen LogP contribution in [0.1, 0.15) is 21.9 Å². The molecule has 0 radical (unpaired) electrons. The zero-order valence-corrected chi connectivity index (χ0v) is 24.5. The molecule has 4 heterocycles. The number of thioether (sulfide) groups is 1. The van der Waals surface area contributed by atoms with Gasteiger partial charge in [0.15, 0.2) is 0 Å². The first-order valence-electron chi connectivity index (χ1n) is 12.7. The maximum Gasteiger partial charge on any atom is 0.418 e. The highest BCUT2D eigenvalue weighted by Gasteiger charge is 2.58. The number of amides is 3. The zero-order chi connectivity index (χ0) is 29.9. The quantitative estimate of drug-likeness (QED) is 0.371. The Morgan fingerprint density at radius 1 is 1.00 bits per heavy atom. The topological polar surface area (TPSA) is 88.9 Å². The van der Waals surface area contributed by atoms with Crippen molar-refractivity contribution in [1.82, 2.24) is 9.47 Å². The number of benzene rings is 2. The molecule has 1 aromatic heterocycles. The Morgan fingerprint density at radius 3 is 2.43 bits per heavy atom. The van der Waals surface area contributed by atoms with Gasteiger partial charge in [-0.15, -0.1) is 0 Å². The van der Waals surface area contributed by atoms with Gasteiger partial charge in [0.05, 0.1) is 45.5 Å². The first-order chi connectivity index (χ1) is 20.0. The van der Waals surface area contributed by atoms with Gasteiger partial charge in [-0.2, -0.15) is 13.2 Å². The summed E-state index contributed by atoms with van der Waals surface area (Å²) in [5.41, 5.74) is -1.36. The van der Waals surface area contributed by atoms with Crippen molar-refractivity contribution in [2.45, 2.75) is 28.9 Å². The van der Waals surface area contributed by atoms with Crippen molar-refractivity contribution in [2.24, 2.45) is 5.92 Å². The summed E-state index contributed by atoms with van der Waals surface area (Å²) in [7, 11) is 0. The second-order valence-corrected chi connectivity index (χ2v) is 12.7. The smallest absolute Gasteiger partial charge is 0.378 e. The summed E-state index contributed by atoms with van der Waals surface area (Å²) in [5, 5.41) is -0.645. The van der Waals surface area contributed by atoms with Crippen molar-refractivity contribution in [3.63, 3.8) is 0 Å². The number of fused-ring (bicyclic) bond motifs is 2. The Hall–Kier alpha value is -2.84. The fraction of sp³-hybridized carbons (Fsp3) is 0.333. The number of ether oxygens (including phenoxy) is 1. The number of thiazole rings is 1. The molecular weight excluding hydrogens is 638 g/mol. The Balaban J connectivity index is 1.48. The number of imide groups is 1. The summed E-state index contributed by atoms with van der Waals surface area (Å²) in [5.74, 6) is -4.19. The van der Waals surface area contributed by atoms with Crippen LogP contribution in [-0.4, -0.2) is 58.7 Å². The Bertz CT molecular complexity index is 1670. The molecule has 15 heteroatoms. The van der Waals surface area contributed by atoms with Crippen LogP contribution in [0.3, 0.4) is 0 Å². The van der Waals surface area contributed by atoms with Crippen LogP contribution in [0, 0.1) is 5.92 Å². The first kappa shape index (κ1) is 29.2. The van der Waals surface area contributed by atoms with Crippen LogP contribution in [0.15, 0.2) is 52.3 Å². The van der Waals surface area contributed by atoms with Crippen molar-refractivity contribution in [2.75, 3.05) is 31.2 Å². The van der Waals surface area contributed by atoms with Crippen LogP contribution in [0.2, 0.25) is 10.0 Å². The van der Waals surface area contributed by atoms with E-state index in [0.717, 1.165) is 35.2 Å². The molecule has 3 aromatic rings. The number of carbonyl (C=O) groups is 3. The summed E-state index contributed by atoms with van der Waals surface area (Å²) in [6.07, 6.45) is -4.83. The lowest BCUT2D eigenvalue weighted by atomic mass is 9.83. The predicted octanol–water partition coefficient (Wildman–Crippen LogP) is 4.89. The van der Waals surface area contributed by atoms with Gasteiger partial charge >= 0.3 is 11.0 Å². The molecule has 2 unspecified atom stereocenters. The van der Waals surface area contributed by atoms with E-state index in [1.807, 2.05) is 0 Å². The minimum Gasteiger partial charge on any atom is -0.378 e. The average molecular weight is 659 g/mol. The molecule has 2 aromatic carbocycles. The van der Waals surface area contributed by atoms with E-state index in [9.17, 15) is 32.3 Å². The zero-order valence-electron chi connectivity index (χ0n) is 21.4. The van der Waals surface area contributed by atoms with Crippen LogP contribution in [0.5, 0.6) is 0 Å². The van der Waals surface area contributed by atoms with Crippen LogP contribution < -0.4 is 9.77 Å². The SMILES string of the molecule is O=C(Cn1c2c(sc1=O)[C@H](c1cccc(Cl)c1Cl)C1C(=O)N(c3ccccc3C(F)(F)F)C(=O)C1S2)N1CCOCC1. The lowest BCUT2D eigenvalue weighted by Crippen LogP contribution is -2.43. The number of alkyl halides is 3. The third kappa shape index (κ3) is 4.84. The van der Waals surface area contributed by atoms with Gasteiger partial charge in [0, 0.05) is 23.9 Å². The average Bonchev–Trinajstić information content (AvgIpc) is 3.41. The number of anilines is 1. The molecule has 0 N–H and O–H groups in total. The first-order valence-corrected chi connectivity index (χ1v) is 15.2. The number of hydrogen-bond donors (Lipinski definition) is 0. The molecule has 8 nitrogen and oxygen atoms in total. The van der Waals surface area contributed by atoms with Crippen LogP contribution in [0.4, 0.5) is 18.9 Å². The van der Waals surface area contributed by atoms with Crippen molar-refractivity contribution < 1.29 is 32.3 Å². The Labute approximate surface area is 254 Å². The Morgan fingerprint density at radius 2 is 1.71 bits per heavy atom. The molecule has 2 fully saturated rings. The summed E-state index contributed by atoms with van der Waals surface area (Å²) in [6, 6.07) is 9.11. The molecule has 3 aliphatic rings. The molecule has 42 heavy (non-hydrogen) atoms. The van der Waals surface area contributed by atoms with Crippen molar-refractivity contribution in [1.29, 1.82) is 0 Å². The van der Waals surface area contributed by atoms with E-state index in [2.05, 4.69) is 0 Å². The summed E-state index contributed by atoms with van der Waals surface area (Å²) in [4.78, 5) is 56.3. The fourth-order valence-corrected chi connectivity index (χ4v) is 8.73. The lowest BCUT2D eigenvalue weighted by Gasteiger charge is -2.31. The highest BCUT2D eigenvalue weighted by Crippen LogP contribution is 2.55. The molecule has 2 saturated heterocycles. The van der Waals surface area contributed by atoms with Gasteiger partial charge in [-0.25, -0.2) is 4.90 Å². The molecule has 3 amide bonds. The van der Waals surface area contributed by atoms with Gasteiger partial charge in [-0.3, -0.25) is 23.7 Å². The molecule has 0 spiro atoms. The number of carbonyl (C=O) groups excluding carboxylic acids is 3. The molecule has 0 aliphatic carbocycles. The van der Waals surface area contributed by atoms with Crippen molar-refractivity contribution >= 4 is 69.7 Å². The van der Waals surface area contributed by atoms with Crippen molar-refractivity contribution in [3.8, 4) is 0 Å². The normalized spacial score (nSPS) is 22.4. The second-order valence-electron chi connectivity index (χ2n) is 9.83. The third-order valence-electron chi connectivity index (χ3n) is 7.47. The van der Waals surface area contributed by atoms with Gasteiger partial charge in [0.25, 0.3) is 0 Å². The van der Waals surface area contributed by atoms with Crippen LogP contribution in [-0.2, 0) is 31.8 Å². The van der Waals surface area contributed by atoms with E-state index in [0.29, 0.717) is 46.7 Å². The number of morpholine rings is 1. The highest BCUT2D eigenvalue weighted by atomic mass is 35.5. The Kier molecular flexibility index (Phi) is 7.67. The largest absolute Gasteiger partial charge is 0.418 e. The number of nitrogens with zero attached hydrogens (tertiary/aromatic N) is 3. The third-order valence-corrected chi connectivity index (χ3v) is 10.9. The van der Waals surface area contributed by atoms with Crippen molar-refractivity contribution in [3.05, 3.63) is 78.2 Å². The number of rotatable bonds is 4. The van der Waals surface area contributed by atoms with Gasteiger partial charge in [-0.1, -0.05) is 70.6 Å². The van der Waals surface area contributed by atoms with Gasteiger partial charge in [-0.05, 0) is 23.8 Å². The van der Waals surface area contributed by atoms with Gasteiger partial charge < -0.3 is 9.64 Å². The highest BCUT2D eigenvalue weighted by molar-refractivity contribution is 8.00. The molecule has 220 valence electrons. The van der Waals surface area contributed by atoms with E-state index in [1.165, 1.54) is 22.8 Å².